The minimum absolute atomic E-state index is 0.0866. The van der Waals surface area contributed by atoms with E-state index < -0.39 is 5.41 Å². The number of fused-ring (bicyclic) bond motifs is 1. The van der Waals surface area contributed by atoms with Crippen LogP contribution in [0.5, 0.6) is 0 Å². The van der Waals surface area contributed by atoms with Crippen LogP contribution in [0.1, 0.15) is 19.3 Å². The first kappa shape index (κ1) is 12.8. The van der Waals surface area contributed by atoms with Crippen LogP contribution in [0.25, 0.3) is 10.2 Å². The smallest absolute Gasteiger partial charge is 0.233 e. The van der Waals surface area contributed by atoms with Crippen LogP contribution in [-0.2, 0) is 9.59 Å². The first-order chi connectivity index (χ1) is 10.2. The summed E-state index contributed by atoms with van der Waals surface area (Å²) >= 11 is 1.68. The second-order valence-corrected chi connectivity index (χ2v) is 6.79. The Morgan fingerprint density at radius 3 is 2.62 bits per heavy atom. The third-order valence-corrected chi connectivity index (χ3v) is 5.60. The third-order valence-electron chi connectivity index (χ3n) is 4.51. The van der Waals surface area contributed by atoms with E-state index in [1.807, 2.05) is 18.2 Å². The summed E-state index contributed by atoms with van der Waals surface area (Å²) in [5.41, 5.74) is 0.552. The van der Waals surface area contributed by atoms with Crippen molar-refractivity contribution in [2.24, 2.45) is 5.41 Å². The van der Waals surface area contributed by atoms with Crippen molar-refractivity contribution in [1.82, 2.24) is 10.3 Å². The van der Waals surface area contributed by atoms with Crippen molar-refractivity contribution in [2.75, 3.05) is 18.0 Å². The van der Waals surface area contributed by atoms with Gasteiger partial charge in [0.25, 0.3) is 0 Å². The number of carbonyl (C=O) groups is 2. The minimum atomic E-state index is -0.468. The Labute approximate surface area is 126 Å². The third kappa shape index (κ3) is 2.01. The molecular weight excluding hydrogens is 286 g/mol. The lowest BCUT2D eigenvalue weighted by atomic mass is 9.77. The number of hydrogen-bond acceptors (Lipinski definition) is 5. The second kappa shape index (κ2) is 4.53. The number of carbonyl (C=O) groups excluding carboxylic acids is 2. The second-order valence-electron chi connectivity index (χ2n) is 5.79. The molecule has 2 aliphatic rings. The van der Waals surface area contributed by atoms with Crippen LogP contribution in [-0.4, -0.2) is 29.9 Å². The molecule has 108 valence electrons. The highest BCUT2D eigenvalue weighted by atomic mass is 32.1. The van der Waals surface area contributed by atoms with E-state index in [1.165, 1.54) is 4.70 Å². The van der Waals surface area contributed by atoms with E-state index in [0.29, 0.717) is 6.42 Å². The molecule has 1 aromatic carbocycles. The van der Waals surface area contributed by atoms with E-state index in [-0.39, 0.29) is 11.8 Å². The number of nitrogens with one attached hydrogen (secondary N) is 1. The zero-order chi connectivity index (χ0) is 14.4. The van der Waals surface area contributed by atoms with E-state index in [9.17, 15) is 9.59 Å². The molecule has 1 spiro atoms. The number of rotatable bonds is 1. The lowest BCUT2D eigenvalue weighted by Gasteiger charge is -2.36. The van der Waals surface area contributed by atoms with Gasteiger partial charge in [-0.05, 0) is 25.0 Å². The summed E-state index contributed by atoms with van der Waals surface area (Å²) in [4.78, 5) is 30.3. The van der Waals surface area contributed by atoms with Gasteiger partial charge in [0.15, 0.2) is 5.13 Å². The zero-order valence-electron chi connectivity index (χ0n) is 11.5. The fraction of sp³-hybridized carbons (Fsp3) is 0.400. The van der Waals surface area contributed by atoms with Gasteiger partial charge >= 0.3 is 0 Å². The van der Waals surface area contributed by atoms with Crippen LogP contribution in [0.2, 0.25) is 0 Å². The van der Waals surface area contributed by atoms with E-state index in [0.717, 1.165) is 36.6 Å². The molecule has 21 heavy (non-hydrogen) atoms. The highest BCUT2D eigenvalue weighted by Crippen LogP contribution is 2.40. The maximum absolute atomic E-state index is 12.0. The van der Waals surface area contributed by atoms with E-state index in [1.54, 1.807) is 11.3 Å². The van der Waals surface area contributed by atoms with Crippen LogP contribution in [0.15, 0.2) is 24.3 Å². The molecule has 5 nitrogen and oxygen atoms in total. The first-order valence-corrected chi connectivity index (χ1v) is 7.93. The lowest BCUT2D eigenvalue weighted by Crippen LogP contribution is -2.43. The van der Waals surface area contributed by atoms with Gasteiger partial charge < -0.3 is 4.90 Å². The number of amides is 2. The van der Waals surface area contributed by atoms with Gasteiger partial charge in [0.05, 0.1) is 15.6 Å². The maximum Gasteiger partial charge on any atom is 0.233 e. The molecular formula is C15H15N3O2S. The minimum Gasteiger partial charge on any atom is -0.348 e. The van der Waals surface area contributed by atoms with Crippen molar-refractivity contribution < 1.29 is 9.59 Å². The van der Waals surface area contributed by atoms with E-state index >= 15 is 0 Å². The molecule has 0 atom stereocenters. The van der Waals surface area contributed by atoms with Gasteiger partial charge in [0, 0.05) is 19.5 Å². The normalized spacial score (nSPS) is 21.2. The average molecular weight is 301 g/mol. The number of piperidine rings is 1. The van der Waals surface area contributed by atoms with Gasteiger partial charge in [0.2, 0.25) is 11.8 Å². The van der Waals surface area contributed by atoms with Crippen LogP contribution < -0.4 is 10.2 Å². The van der Waals surface area contributed by atoms with E-state index in [2.05, 4.69) is 21.3 Å². The van der Waals surface area contributed by atoms with Gasteiger partial charge in [-0.15, -0.1) is 0 Å². The standard InChI is InChI=1S/C15H15N3O2S/c19-12-9-15(13(20)17-12)5-7-18(8-6-15)14-16-10-3-1-2-4-11(10)21-14/h1-4H,5-9H2,(H,17,19,20). The van der Waals surface area contributed by atoms with Gasteiger partial charge in [-0.2, -0.15) is 0 Å². The molecule has 2 saturated heterocycles. The summed E-state index contributed by atoms with van der Waals surface area (Å²) < 4.78 is 1.18. The number of imide groups is 1. The summed E-state index contributed by atoms with van der Waals surface area (Å²) in [5.74, 6) is -0.218. The Morgan fingerprint density at radius 1 is 1.19 bits per heavy atom. The molecule has 2 aliphatic heterocycles. The van der Waals surface area contributed by atoms with Crippen LogP contribution in [0.4, 0.5) is 5.13 Å². The molecule has 0 saturated carbocycles. The summed E-state index contributed by atoms with van der Waals surface area (Å²) in [6, 6.07) is 8.10. The number of hydrogen-bond donors (Lipinski definition) is 1. The molecule has 0 bridgehead atoms. The van der Waals surface area contributed by atoms with Crippen molar-refractivity contribution in [1.29, 1.82) is 0 Å². The van der Waals surface area contributed by atoms with E-state index in [4.69, 9.17) is 0 Å². The number of benzene rings is 1. The average Bonchev–Trinajstić information content (AvgIpc) is 3.02. The topological polar surface area (TPSA) is 62.3 Å². The fourth-order valence-electron chi connectivity index (χ4n) is 3.22. The van der Waals surface area contributed by atoms with Crippen molar-refractivity contribution in [3.05, 3.63) is 24.3 Å². The summed E-state index contributed by atoms with van der Waals surface area (Å²) in [5, 5.41) is 3.45. The van der Waals surface area contributed by atoms with Crippen LogP contribution in [0.3, 0.4) is 0 Å². The van der Waals surface area contributed by atoms with Gasteiger partial charge in [-0.25, -0.2) is 4.98 Å². The zero-order valence-corrected chi connectivity index (χ0v) is 12.3. The number of nitrogens with zero attached hydrogens (tertiary/aromatic N) is 2. The molecule has 1 aromatic heterocycles. The van der Waals surface area contributed by atoms with Crippen molar-refractivity contribution in [2.45, 2.75) is 19.3 Å². The van der Waals surface area contributed by atoms with Crippen LogP contribution in [0, 0.1) is 5.41 Å². The maximum atomic E-state index is 12.0. The number of thiazole rings is 1. The molecule has 2 amide bonds. The Kier molecular flexibility index (Phi) is 2.75. The predicted octanol–water partition coefficient (Wildman–Crippen LogP) is 1.93. The van der Waals surface area contributed by atoms with Gasteiger partial charge in [-0.3, -0.25) is 14.9 Å². The quantitative estimate of drug-likeness (QED) is 0.818. The van der Waals surface area contributed by atoms with Gasteiger partial charge in [-0.1, -0.05) is 23.5 Å². The number of anilines is 1. The highest BCUT2D eigenvalue weighted by molar-refractivity contribution is 7.22. The number of aromatic nitrogens is 1. The largest absolute Gasteiger partial charge is 0.348 e. The van der Waals surface area contributed by atoms with Gasteiger partial charge in [0.1, 0.15) is 0 Å². The predicted molar refractivity (Wildman–Crippen MR) is 81.3 cm³/mol. The molecule has 4 rings (SSSR count). The molecule has 0 radical (unpaired) electrons. The molecule has 2 fully saturated rings. The SMILES string of the molecule is O=C1CC2(CCN(c3nc4ccccc4s3)CC2)C(=O)N1. The number of para-hydroxylation sites is 1. The lowest BCUT2D eigenvalue weighted by molar-refractivity contribution is -0.129. The summed E-state index contributed by atoms with van der Waals surface area (Å²) in [7, 11) is 0. The molecule has 3 heterocycles. The van der Waals surface area contributed by atoms with Crippen LogP contribution >= 0.6 is 11.3 Å². The van der Waals surface area contributed by atoms with Crippen molar-refractivity contribution in [3.8, 4) is 0 Å². The van der Waals surface area contributed by atoms with Crippen molar-refractivity contribution in [3.63, 3.8) is 0 Å². The Morgan fingerprint density at radius 2 is 1.95 bits per heavy atom. The molecule has 6 heteroatoms. The monoisotopic (exact) mass is 301 g/mol. The fourth-order valence-corrected chi connectivity index (χ4v) is 4.23. The molecule has 2 aromatic rings. The molecule has 0 aliphatic carbocycles. The highest BCUT2D eigenvalue weighted by Gasteiger charge is 2.48. The summed E-state index contributed by atoms with van der Waals surface area (Å²) in [6.07, 6.45) is 1.79. The molecule has 0 unspecified atom stereocenters. The first-order valence-electron chi connectivity index (χ1n) is 7.11. The van der Waals surface area contributed by atoms with Crippen molar-refractivity contribution >= 4 is 38.5 Å². The summed E-state index contributed by atoms with van der Waals surface area (Å²) in [6.45, 7) is 1.56. The molecule has 1 N–H and O–H groups in total. The Hall–Kier alpha value is -1.95. The Bertz CT molecular complexity index is 698. The Balaban J connectivity index is 1.55.